The van der Waals surface area contributed by atoms with E-state index >= 15 is 0 Å². The summed E-state index contributed by atoms with van der Waals surface area (Å²) in [5.41, 5.74) is 9.77. The van der Waals surface area contributed by atoms with Gasteiger partial charge in [0.15, 0.2) is 0 Å². The molecule has 0 heterocycles. The van der Waals surface area contributed by atoms with E-state index in [1.54, 1.807) is 13.0 Å². The number of methoxy groups -OCH3 is 1. The van der Waals surface area contributed by atoms with Gasteiger partial charge in [-0.2, -0.15) is 0 Å². The zero-order valence-electron chi connectivity index (χ0n) is 28.3. The number of carbonyl (C=O) groups excluding carboxylic acids is 1. The van der Waals surface area contributed by atoms with Crippen molar-refractivity contribution in [3.63, 3.8) is 0 Å². The summed E-state index contributed by atoms with van der Waals surface area (Å²) in [5.74, 6) is -0.314. The summed E-state index contributed by atoms with van der Waals surface area (Å²) in [6.45, 7) is 19.2. The monoisotopic (exact) mass is 578 g/mol. The predicted octanol–water partition coefficient (Wildman–Crippen LogP) is 11.7. The van der Waals surface area contributed by atoms with Gasteiger partial charge in [-0.05, 0) is 78.7 Å². The molecule has 0 aromatic carbocycles. The molecule has 1 rings (SSSR count). The summed E-state index contributed by atoms with van der Waals surface area (Å²) >= 11 is 0. The van der Waals surface area contributed by atoms with Crippen molar-refractivity contribution in [3.8, 4) is 0 Å². The van der Waals surface area contributed by atoms with Crippen LogP contribution in [0.25, 0.3) is 0 Å². The van der Waals surface area contributed by atoms with Gasteiger partial charge in [0.25, 0.3) is 0 Å². The Hall–Kier alpha value is -3.91. The first-order chi connectivity index (χ1) is 20.4. The normalized spacial score (nSPS) is 18.7. The molecule has 2 heteroatoms. The second-order valence-electron chi connectivity index (χ2n) is 12.0. The number of carbonyl (C=O) groups is 1. The zero-order chi connectivity index (χ0) is 32.3. The highest BCUT2D eigenvalue weighted by atomic mass is 16.5. The number of rotatable bonds is 13. The lowest BCUT2D eigenvalue weighted by Gasteiger charge is -2.32. The van der Waals surface area contributed by atoms with E-state index in [1.165, 1.54) is 54.2 Å². The molecule has 0 radical (unpaired) electrons. The van der Waals surface area contributed by atoms with Crippen LogP contribution < -0.4 is 0 Å². The van der Waals surface area contributed by atoms with Gasteiger partial charge in [-0.3, -0.25) is 0 Å². The standard InChI is InChI=1S/C41H54O2/c1-32(20-13-22-34(3)23-14-24-35(4)26-16-27-38(7)40(42)43-10)18-11-12-19-33(2)21-15-25-36(5)29-30-39-37(6)28-17-31-41(39,8)9/h11-16,18-27,29-30H,17,28,31H2,1-10H3/b12-11+,20-13+,21-15+,23-14+,26-16-,30-29+,32-18+,33-19+,34-22+,35-24+,36-25+,38-27+. The first-order valence-corrected chi connectivity index (χ1v) is 15.2. The Kier molecular flexibility index (Phi) is 17.3. The van der Waals surface area contributed by atoms with Gasteiger partial charge < -0.3 is 4.74 Å². The molecule has 0 saturated heterocycles. The molecule has 0 aromatic heterocycles. The van der Waals surface area contributed by atoms with Crippen LogP contribution in [0.3, 0.4) is 0 Å². The van der Waals surface area contributed by atoms with Crippen molar-refractivity contribution in [2.75, 3.05) is 7.11 Å². The molecule has 0 N–H and O–H groups in total. The van der Waals surface area contributed by atoms with Crippen LogP contribution in [0.5, 0.6) is 0 Å². The van der Waals surface area contributed by atoms with Crippen LogP contribution in [0.2, 0.25) is 0 Å². The number of hydrogen-bond donors (Lipinski definition) is 0. The van der Waals surface area contributed by atoms with E-state index in [0.717, 1.165) is 11.1 Å². The van der Waals surface area contributed by atoms with Crippen molar-refractivity contribution in [3.05, 3.63) is 154 Å². The van der Waals surface area contributed by atoms with Crippen LogP contribution in [-0.2, 0) is 9.53 Å². The Bertz CT molecular complexity index is 1350. The molecule has 0 aromatic rings. The average molecular weight is 579 g/mol. The topological polar surface area (TPSA) is 26.3 Å². The van der Waals surface area contributed by atoms with E-state index in [4.69, 9.17) is 0 Å². The third-order valence-electron chi connectivity index (χ3n) is 7.25. The number of esters is 1. The van der Waals surface area contributed by atoms with Crippen molar-refractivity contribution in [1.29, 1.82) is 0 Å². The highest BCUT2D eigenvalue weighted by Gasteiger charge is 2.26. The first kappa shape index (κ1) is 37.1. The molecular formula is C41H54O2. The third kappa shape index (κ3) is 16.3. The van der Waals surface area contributed by atoms with Crippen molar-refractivity contribution >= 4 is 5.97 Å². The fourth-order valence-corrected chi connectivity index (χ4v) is 4.55. The van der Waals surface area contributed by atoms with Gasteiger partial charge >= 0.3 is 5.97 Å². The van der Waals surface area contributed by atoms with Crippen molar-refractivity contribution in [1.82, 2.24) is 0 Å². The second kappa shape index (κ2) is 20.1. The fourth-order valence-electron chi connectivity index (χ4n) is 4.55. The number of hydrogen-bond acceptors (Lipinski definition) is 2. The van der Waals surface area contributed by atoms with Gasteiger partial charge in [0, 0.05) is 5.57 Å². The maximum Gasteiger partial charge on any atom is 0.333 e. The molecule has 1 aliphatic rings. The average Bonchev–Trinajstić information content (AvgIpc) is 2.94. The maximum absolute atomic E-state index is 11.4. The van der Waals surface area contributed by atoms with Crippen LogP contribution in [0.1, 0.15) is 81.6 Å². The van der Waals surface area contributed by atoms with Gasteiger partial charge in [-0.15, -0.1) is 0 Å². The first-order valence-electron chi connectivity index (χ1n) is 15.2. The largest absolute Gasteiger partial charge is 0.466 e. The van der Waals surface area contributed by atoms with E-state index in [0.29, 0.717) is 5.57 Å². The quantitative estimate of drug-likeness (QED) is 0.123. The summed E-state index contributed by atoms with van der Waals surface area (Å²) in [7, 11) is 1.38. The van der Waals surface area contributed by atoms with Crippen LogP contribution in [0.4, 0.5) is 0 Å². The summed E-state index contributed by atoms with van der Waals surface area (Å²) in [6, 6.07) is 0. The van der Waals surface area contributed by atoms with Gasteiger partial charge in [0.2, 0.25) is 0 Å². The van der Waals surface area contributed by atoms with Crippen molar-refractivity contribution in [2.24, 2.45) is 5.41 Å². The molecule has 0 amide bonds. The van der Waals surface area contributed by atoms with E-state index in [9.17, 15) is 4.79 Å². The zero-order valence-corrected chi connectivity index (χ0v) is 28.3. The maximum atomic E-state index is 11.4. The molecule has 0 aliphatic heterocycles. The number of ether oxygens (including phenoxy) is 1. The Balaban J connectivity index is 2.61. The second-order valence-corrected chi connectivity index (χ2v) is 12.0. The Labute approximate surface area is 263 Å². The van der Waals surface area contributed by atoms with Gasteiger partial charge in [0.1, 0.15) is 0 Å². The SMILES string of the molecule is COC(=O)/C(C)=C/C=C\C(C)=C\C=C\C(C)=C\C=C\C(C)=C\C=C\C=C(C)\C=C\C=C(C)\C=C\C1=C(C)CCCC1(C)C. The fraction of sp³-hybridized carbons (Fsp3) is 0.341. The summed E-state index contributed by atoms with van der Waals surface area (Å²) in [4.78, 5) is 11.4. The molecule has 0 atom stereocenters. The third-order valence-corrected chi connectivity index (χ3v) is 7.25. The molecule has 230 valence electrons. The van der Waals surface area contributed by atoms with Gasteiger partial charge in [-0.25, -0.2) is 4.79 Å². The lowest BCUT2D eigenvalue weighted by Crippen LogP contribution is -2.19. The lowest BCUT2D eigenvalue weighted by molar-refractivity contribution is -0.136. The van der Waals surface area contributed by atoms with Crippen LogP contribution in [0, 0.1) is 5.41 Å². The molecule has 0 spiro atoms. The molecule has 2 nitrogen and oxygen atoms in total. The Morgan fingerprint density at radius 2 is 1.02 bits per heavy atom. The molecule has 0 saturated carbocycles. The molecule has 43 heavy (non-hydrogen) atoms. The minimum absolute atomic E-state index is 0.277. The van der Waals surface area contributed by atoms with Crippen LogP contribution >= 0.6 is 0 Å². The van der Waals surface area contributed by atoms with E-state index in [-0.39, 0.29) is 11.4 Å². The van der Waals surface area contributed by atoms with Crippen molar-refractivity contribution < 1.29 is 9.53 Å². The van der Waals surface area contributed by atoms with E-state index in [1.807, 2.05) is 31.2 Å². The van der Waals surface area contributed by atoms with E-state index < -0.39 is 0 Å². The van der Waals surface area contributed by atoms with Crippen molar-refractivity contribution in [2.45, 2.75) is 81.6 Å². The van der Waals surface area contributed by atoms with Crippen LogP contribution in [0.15, 0.2) is 154 Å². The molecule has 1 aliphatic carbocycles. The summed E-state index contributed by atoms with van der Waals surface area (Å²) in [5, 5.41) is 0. The lowest BCUT2D eigenvalue weighted by atomic mass is 9.72. The molecule has 0 unspecified atom stereocenters. The molecular weight excluding hydrogens is 524 g/mol. The van der Waals surface area contributed by atoms with Crippen LogP contribution in [-0.4, -0.2) is 13.1 Å². The smallest absolute Gasteiger partial charge is 0.333 e. The number of allylic oxidation sites excluding steroid dienone is 25. The Morgan fingerprint density at radius 1 is 0.628 bits per heavy atom. The highest BCUT2D eigenvalue weighted by Crippen LogP contribution is 2.40. The van der Waals surface area contributed by atoms with E-state index in [2.05, 4.69) is 132 Å². The van der Waals surface area contributed by atoms with Gasteiger partial charge in [-0.1, -0.05) is 157 Å². The minimum atomic E-state index is -0.314. The molecule has 0 bridgehead atoms. The predicted molar refractivity (Wildman–Crippen MR) is 190 cm³/mol. The summed E-state index contributed by atoms with van der Waals surface area (Å²) in [6.07, 6.45) is 41.1. The molecule has 0 fully saturated rings. The Morgan fingerprint density at radius 3 is 1.44 bits per heavy atom. The van der Waals surface area contributed by atoms with Gasteiger partial charge in [0.05, 0.1) is 7.11 Å². The highest BCUT2D eigenvalue weighted by molar-refractivity contribution is 5.87. The minimum Gasteiger partial charge on any atom is -0.466 e. The summed E-state index contributed by atoms with van der Waals surface area (Å²) < 4.78 is 4.69.